The van der Waals surface area contributed by atoms with E-state index in [1.165, 1.54) is 11.1 Å². The number of amides is 1. The summed E-state index contributed by atoms with van der Waals surface area (Å²) in [5.41, 5.74) is 2.56. The normalized spacial score (nSPS) is 30.5. The first kappa shape index (κ1) is 12.7. The number of nitrogens with zero attached hydrogens (tertiary/aromatic N) is 1. The van der Waals surface area contributed by atoms with Crippen molar-refractivity contribution in [2.24, 2.45) is 5.92 Å². The molecule has 0 spiro atoms. The Bertz CT molecular complexity index is 462. The van der Waals surface area contributed by atoms with Gasteiger partial charge in [-0.1, -0.05) is 38.1 Å². The fourth-order valence-corrected chi connectivity index (χ4v) is 3.23. The Morgan fingerprint density at radius 1 is 1.26 bits per heavy atom. The predicted molar refractivity (Wildman–Crippen MR) is 75.6 cm³/mol. The van der Waals surface area contributed by atoms with Gasteiger partial charge in [0.1, 0.15) is 6.17 Å². The Labute approximate surface area is 115 Å². The third-order valence-corrected chi connectivity index (χ3v) is 4.46. The lowest BCUT2D eigenvalue weighted by Gasteiger charge is -2.42. The molecule has 3 nitrogen and oxygen atoms in total. The molecule has 1 atom stereocenters. The van der Waals surface area contributed by atoms with Crippen molar-refractivity contribution in [2.45, 2.75) is 45.3 Å². The van der Waals surface area contributed by atoms with Crippen LogP contribution in [0.3, 0.4) is 0 Å². The fraction of sp³-hybridized carbons (Fsp3) is 0.562. The molecule has 2 fully saturated rings. The molecule has 1 saturated heterocycles. The number of benzene rings is 1. The van der Waals surface area contributed by atoms with E-state index in [1.54, 1.807) is 0 Å². The van der Waals surface area contributed by atoms with Crippen LogP contribution in [0.4, 0.5) is 0 Å². The van der Waals surface area contributed by atoms with Gasteiger partial charge in [0, 0.05) is 6.04 Å². The fourth-order valence-electron chi connectivity index (χ4n) is 3.23. The third-order valence-electron chi connectivity index (χ3n) is 4.46. The lowest BCUT2D eigenvalue weighted by atomic mass is 9.80. The molecule has 1 aromatic carbocycles. The molecule has 1 N–H and O–H groups in total. The van der Waals surface area contributed by atoms with Gasteiger partial charge >= 0.3 is 0 Å². The molecular formula is C16H22N2O. The van der Waals surface area contributed by atoms with E-state index in [4.69, 9.17) is 0 Å². The van der Waals surface area contributed by atoms with Crippen molar-refractivity contribution >= 4 is 5.91 Å². The first-order valence-electron chi connectivity index (χ1n) is 7.32. The molecule has 0 bridgehead atoms. The number of rotatable bonds is 3. The first-order chi connectivity index (χ1) is 9.19. The molecule has 0 aromatic heterocycles. The Kier molecular flexibility index (Phi) is 3.31. The molecule has 1 unspecified atom stereocenters. The van der Waals surface area contributed by atoms with Crippen LogP contribution in [0.15, 0.2) is 24.3 Å². The van der Waals surface area contributed by atoms with E-state index in [2.05, 4.69) is 48.3 Å². The van der Waals surface area contributed by atoms with Gasteiger partial charge in [-0.2, -0.15) is 0 Å². The summed E-state index contributed by atoms with van der Waals surface area (Å²) in [5.74, 6) is 1.02. The highest BCUT2D eigenvalue weighted by Gasteiger charge is 2.41. The second-order valence-corrected chi connectivity index (χ2v) is 5.91. The van der Waals surface area contributed by atoms with Crippen molar-refractivity contribution in [2.75, 3.05) is 6.54 Å². The van der Waals surface area contributed by atoms with Crippen molar-refractivity contribution in [3.8, 4) is 0 Å². The van der Waals surface area contributed by atoms with Crippen LogP contribution in [-0.2, 0) is 11.2 Å². The van der Waals surface area contributed by atoms with E-state index in [0.717, 1.165) is 25.2 Å². The zero-order valence-electron chi connectivity index (χ0n) is 11.7. The molecule has 1 saturated carbocycles. The third kappa shape index (κ3) is 2.27. The minimum absolute atomic E-state index is 0.0795. The average molecular weight is 258 g/mol. The maximum atomic E-state index is 12.1. The number of carbonyl (C=O) groups excluding carboxylic acids is 1. The van der Waals surface area contributed by atoms with E-state index in [0.29, 0.717) is 12.6 Å². The summed E-state index contributed by atoms with van der Waals surface area (Å²) in [7, 11) is 0. The van der Waals surface area contributed by atoms with Crippen LogP contribution in [0.25, 0.3) is 0 Å². The topological polar surface area (TPSA) is 32.3 Å². The molecule has 19 heavy (non-hydrogen) atoms. The standard InChI is InChI=1S/C16H22N2O/c1-3-12-4-6-13(7-5-12)16-17-10-15(19)18(16)14-8-11(2)9-14/h4-7,11,14,16-17H,3,8-10H2,1-2H3. The molecule has 3 rings (SSSR count). The summed E-state index contributed by atoms with van der Waals surface area (Å²) in [4.78, 5) is 14.2. The van der Waals surface area contributed by atoms with E-state index < -0.39 is 0 Å². The van der Waals surface area contributed by atoms with Gasteiger partial charge in [0.25, 0.3) is 0 Å². The van der Waals surface area contributed by atoms with Crippen LogP contribution in [0.5, 0.6) is 0 Å². The summed E-state index contributed by atoms with van der Waals surface area (Å²) < 4.78 is 0. The van der Waals surface area contributed by atoms with Crippen LogP contribution in [0, 0.1) is 5.92 Å². The highest BCUT2D eigenvalue weighted by Crippen LogP contribution is 2.37. The van der Waals surface area contributed by atoms with Crippen LogP contribution >= 0.6 is 0 Å². The number of hydrogen-bond donors (Lipinski definition) is 1. The van der Waals surface area contributed by atoms with Crippen molar-refractivity contribution in [3.63, 3.8) is 0 Å². The average Bonchev–Trinajstić information content (AvgIpc) is 2.77. The number of hydrogen-bond acceptors (Lipinski definition) is 2. The Morgan fingerprint density at radius 3 is 2.53 bits per heavy atom. The van der Waals surface area contributed by atoms with E-state index >= 15 is 0 Å². The molecule has 3 heteroatoms. The van der Waals surface area contributed by atoms with Gasteiger partial charge in [-0.3, -0.25) is 10.1 Å². The van der Waals surface area contributed by atoms with Gasteiger partial charge in [0.2, 0.25) is 5.91 Å². The van der Waals surface area contributed by atoms with Crippen LogP contribution < -0.4 is 5.32 Å². The SMILES string of the molecule is CCc1ccc(C2NCC(=O)N2C2CC(C)C2)cc1. The summed E-state index contributed by atoms with van der Waals surface area (Å²) in [6.07, 6.45) is 3.44. The monoisotopic (exact) mass is 258 g/mol. The zero-order valence-corrected chi connectivity index (χ0v) is 11.7. The molecule has 1 aromatic rings. The maximum absolute atomic E-state index is 12.1. The van der Waals surface area contributed by atoms with Crippen molar-refractivity contribution in [3.05, 3.63) is 35.4 Å². The van der Waals surface area contributed by atoms with Gasteiger partial charge < -0.3 is 4.90 Å². The number of nitrogens with one attached hydrogen (secondary N) is 1. The van der Waals surface area contributed by atoms with Crippen molar-refractivity contribution < 1.29 is 4.79 Å². The van der Waals surface area contributed by atoms with Crippen molar-refractivity contribution in [1.29, 1.82) is 0 Å². The van der Waals surface area contributed by atoms with Gasteiger partial charge in [-0.05, 0) is 36.3 Å². The highest BCUT2D eigenvalue weighted by molar-refractivity contribution is 5.81. The number of aryl methyl sites for hydroxylation is 1. The Balaban J connectivity index is 1.79. The van der Waals surface area contributed by atoms with Crippen LogP contribution in [0.1, 0.15) is 44.0 Å². The second-order valence-electron chi connectivity index (χ2n) is 5.91. The molecule has 1 amide bonds. The lowest BCUT2D eigenvalue weighted by molar-refractivity contribution is -0.133. The van der Waals surface area contributed by atoms with Gasteiger partial charge in [-0.15, -0.1) is 0 Å². The van der Waals surface area contributed by atoms with E-state index in [9.17, 15) is 4.79 Å². The summed E-state index contributed by atoms with van der Waals surface area (Å²) in [5, 5.41) is 3.35. The van der Waals surface area contributed by atoms with Gasteiger partial charge in [-0.25, -0.2) is 0 Å². The Morgan fingerprint density at radius 2 is 1.95 bits per heavy atom. The minimum atomic E-state index is 0.0795. The van der Waals surface area contributed by atoms with E-state index in [-0.39, 0.29) is 12.1 Å². The van der Waals surface area contributed by atoms with Crippen LogP contribution in [0.2, 0.25) is 0 Å². The first-order valence-corrected chi connectivity index (χ1v) is 7.32. The second kappa shape index (κ2) is 4.97. The summed E-state index contributed by atoms with van der Waals surface area (Å²) >= 11 is 0. The molecule has 1 heterocycles. The summed E-state index contributed by atoms with van der Waals surface area (Å²) in [6.45, 7) is 4.90. The van der Waals surface area contributed by atoms with Crippen LogP contribution in [-0.4, -0.2) is 23.4 Å². The quantitative estimate of drug-likeness (QED) is 0.903. The summed E-state index contributed by atoms with van der Waals surface area (Å²) in [6, 6.07) is 9.09. The Hall–Kier alpha value is -1.35. The zero-order chi connectivity index (χ0) is 13.4. The molecule has 1 aliphatic heterocycles. The molecule has 102 valence electrons. The molecule has 1 aliphatic carbocycles. The molecule has 2 aliphatic rings. The molecule has 0 radical (unpaired) electrons. The maximum Gasteiger partial charge on any atom is 0.238 e. The van der Waals surface area contributed by atoms with Crippen molar-refractivity contribution in [1.82, 2.24) is 10.2 Å². The lowest BCUT2D eigenvalue weighted by Crippen LogP contribution is -2.46. The van der Waals surface area contributed by atoms with Gasteiger partial charge in [0.15, 0.2) is 0 Å². The molecular weight excluding hydrogens is 236 g/mol. The highest BCUT2D eigenvalue weighted by atomic mass is 16.2. The van der Waals surface area contributed by atoms with E-state index in [1.807, 2.05) is 0 Å². The predicted octanol–water partition coefficient (Wildman–Crippen LogP) is 2.48. The smallest absolute Gasteiger partial charge is 0.238 e. The largest absolute Gasteiger partial charge is 0.319 e. The minimum Gasteiger partial charge on any atom is -0.319 e. The number of carbonyl (C=O) groups is 1. The van der Waals surface area contributed by atoms with Gasteiger partial charge in [0.05, 0.1) is 6.54 Å².